The number of alkyl halides is 1. The van der Waals surface area contributed by atoms with Crippen molar-refractivity contribution >= 4 is 17.0 Å². The predicted molar refractivity (Wildman–Crippen MR) is 88.6 cm³/mol. The summed E-state index contributed by atoms with van der Waals surface area (Å²) in [6, 6.07) is 0.394. The fourth-order valence-electron chi connectivity index (χ4n) is 3.00. The minimum Gasteiger partial charge on any atom is -0.386 e. The van der Waals surface area contributed by atoms with Crippen LogP contribution in [0, 0.1) is 16.7 Å². The Balaban J connectivity index is 2.18. The molecule has 2 aromatic heterocycles. The van der Waals surface area contributed by atoms with E-state index in [0.29, 0.717) is 0 Å². The van der Waals surface area contributed by atoms with E-state index in [9.17, 15) is 24.3 Å². The topological polar surface area (TPSA) is 156 Å². The van der Waals surface area contributed by atoms with Gasteiger partial charge in [0, 0.05) is 6.20 Å². The average molecular weight is 365 g/mol. The number of nitroso groups, excluding NO2 is 1. The number of rotatable bonds is 3. The van der Waals surface area contributed by atoms with Crippen molar-refractivity contribution in [1.82, 2.24) is 14.5 Å². The van der Waals surface area contributed by atoms with Crippen LogP contribution in [-0.2, 0) is 4.74 Å². The first-order chi connectivity index (χ1) is 12.3. The van der Waals surface area contributed by atoms with E-state index in [0.717, 1.165) is 0 Å². The molecule has 138 valence electrons. The summed E-state index contributed by atoms with van der Waals surface area (Å²) in [7, 11) is 0. The second-order valence-electron chi connectivity index (χ2n) is 5.92. The molecule has 10 nitrogen and oxygen atoms in total. The van der Waals surface area contributed by atoms with Crippen molar-refractivity contribution in [2.75, 3.05) is 12.4 Å². The second-order valence-corrected chi connectivity index (χ2v) is 5.92. The maximum atomic E-state index is 12.5. The van der Waals surface area contributed by atoms with Crippen LogP contribution in [0.3, 0.4) is 0 Å². The zero-order valence-corrected chi connectivity index (χ0v) is 13.6. The Labute approximate surface area is 145 Å². The van der Waals surface area contributed by atoms with Gasteiger partial charge in [0.1, 0.15) is 24.9 Å². The summed E-state index contributed by atoms with van der Waals surface area (Å²) in [6.45, 7) is 0.326. The molecule has 0 saturated carbocycles. The summed E-state index contributed by atoms with van der Waals surface area (Å²) in [6.07, 6.45) is -2.85. The molecular formula is C15H16FN5O5. The van der Waals surface area contributed by atoms with E-state index in [1.807, 2.05) is 0 Å². The molecule has 0 bridgehead atoms. The van der Waals surface area contributed by atoms with E-state index < -0.39 is 42.3 Å². The Kier molecular flexibility index (Phi) is 4.49. The number of ether oxygens (including phenoxy) is 1. The normalized spacial score (nSPS) is 29.3. The molecular weight excluding hydrogens is 349 g/mol. The zero-order valence-electron chi connectivity index (χ0n) is 13.6. The van der Waals surface area contributed by atoms with E-state index in [4.69, 9.17) is 10.5 Å². The van der Waals surface area contributed by atoms with E-state index in [1.165, 1.54) is 23.8 Å². The Morgan fingerprint density at radius 2 is 2.38 bits per heavy atom. The average Bonchev–Trinajstić information content (AvgIpc) is 3.13. The van der Waals surface area contributed by atoms with Crippen LogP contribution < -0.4 is 11.3 Å². The minimum absolute atomic E-state index is 0.0660. The summed E-state index contributed by atoms with van der Waals surface area (Å²) >= 11 is 0. The lowest BCUT2D eigenvalue weighted by atomic mass is 9.92. The van der Waals surface area contributed by atoms with Gasteiger partial charge in [0.25, 0.3) is 5.56 Å². The van der Waals surface area contributed by atoms with E-state index in [1.54, 1.807) is 0 Å². The summed E-state index contributed by atoms with van der Waals surface area (Å²) in [5.41, 5.74) is 2.85. The van der Waals surface area contributed by atoms with Crippen molar-refractivity contribution in [2.24, 2.45) is 5.18 Å². The van der Waals surface area contributed by atoms with Gasteiger partial charge in [-0.1, -0.05) is 17.0 Å². The lowest BCUT2D eigenvalue weighted by molar-refractivity contribution is -0.0693. The number of anilines is 1. The van der Waals surface area contributed by atoms with Gasteiger partial charge in [0.05, 0.1) is 5.39 Å². The lowest BCUT2D eigenvalue weighted by Crippen LogP contribution is -2.47. The highest BCUT2D eigenvalue weighted by Crippen LogP contribution is 2.41. The van der Waals surface area contributed by atoms with Crippen LogP contribution in [0.15, 0.2) is 22.2 Å². The first-order valence-corrected chi connectivity index (χ1v) is 7.64. The number of hydrogen-bond acceptors (Lipinski definition) is 8. The molecule has 1 saturated heterocycles. The summed E-state index contributed by atoms with van der Waals surface area (Å²) < 4.78 is 19.4. The molecule has 2 aromatic rings. The number of H-pyrrole nitrogens is 1. The molecule has 0 aliphatic carbocycles. The van der Waals surface area contributed by atoms with Gasteiger partial charge in [-0.25, -0.2) is 4.39 Å². The number of aliphatic hydroxyl groups excluding tert-OH is 1. The van der Waals surface area contributed by atoms with Crippen molar-refractivity contribution in [2.45, 2.75) is 37.0 Å². The summed E-state index contributed by atoms with van der Waals surface area (Å²) in [5.74, 6) is 4.14. The Morgan fingerprint density at radius 3 is 3.04 bits per heavy atom. The number of halogens is 1. The molecule has 26 heavy (non-hydrogen) atoms. The number of nitrogens with one attached hydrogen (secondary N) is 1. The molecule has 5 N–H and O–H groups in total. The quantitative estimate of drug-likeness (QED) is 0.419. The van der Waals surface area contributed by atoms with Gasteiger partial charge in [0.2, 0.25) is 5.95 Å². The molecule has 0 radical (unpaired) electrons. The number of aliphatic hydroxyl groups is 2. The van der Waals surface area contributed by atoms with Crippen LogP contribution in [0.1, 0.15) is 13.2 Å². The third-order valence-electron chi connectivity index (χ3n) is 4.27. The van der Waals surface area contributed by atoms with Crippen LogP contribution in [-0.4, -0.2) is 55.3 Å². The molecule has 0 aromatic carbocycles. The Hall–Kier alpha value is -2.81. The maximum Gasteiger partial charge on any atom is 0.261 e. The van der Waals surface area contributed by atoms with E-state index >= 15 is 0 Å². The molecule has 3 heterocycles. The van der Waals surface area contributed by atoms with Gasteiger partial charge in [-0.2, -0.15) is 9.89 Å². The fraction of sp³-hybridized carbons (Fsp3) is 0.467. The molecule has 1 unspecified atom stereocenters. The van der Waals surface area contributed by atoms with Crippen molar-refractivity contribution < 1.29 is 19.3 Å². The summed E-state index contributed by atoms with van der Waals surface area (Å²) in [5, 5.41) is 24.3. The molecule has 3 rings (SSSR count). The number of aromatic amines is 1. The highest BCUT2D eigenvalue weighted by Gasteiger charge is 2.57. The zero-order chi connectivity index (χ0) is 19.1. The largest absolute Gasteiger partial charge is 0.386 e. The first kappa shape index (κ1) is 18.0. The van der Waals surface area contributed by atoms with Crippen LogP contribution in [0.2, 0.25) is 0 Å². The van der Waals surface area contributed by atoms with Gasteiger partial charge in [-0.3, -0.25) is 9.78 Å². The number of nitrogen functional groups attached to an aromatic ring is 1. The van der Waals surface area contributed by atoms with Gasteiger partial charge >= 0.3 is 0 Å². The number of aromatic nitrogens is 3. The smallest absolute Gasteiger partial charge is 0.261 e. The molecule has 1 fully saturated rings. The molecule has 1 aliphatic heterocycles. The SMILES string of the molecule is C[C@H](N=O)[C@H]1O[C@@H](n2ccc3c(=O)[nH]c(N)nc32)[C@@](O)(C#CCF)C1O. The highest BCUT2D eigenvalue weighted by molar-refractivity contribution is 5.76. The maximum absolute atomic E-state index is 12.5. The van der Waals surface area contributed by atoms with Gasteiger partial charge in [0.15, 0.2) is 17.5 Å². The number of hydrogen-bond donors (Lipinski definition) is 4. The minimum atomic E-state index is -2.26. The standard InChI is InChI=1S/C15H16FN5O5/c1-7(20-25)9-10(22)15(24,4-2-5-16)13(26-9)21-6-3-8-11(21)18-14(17)19-12(8)23/h3,6-7,9-10,13,22,24H,5H2,1H3,(H3,17,18,19,23)/t7-,9+,10?,13+,15+/m0/s1. The molecule has 1 aliphatic rings. The molecule has 0 spiro atoms. The van der Waals surface area contributed by atoms with Gasteiger partial charge in [-0.15, -0.1) is 0 Å². The van der Waals surface area contributed by atoms with Crippen LogP contribution in [0.25, 0.3) is 11.0 Å². The summed E-state index contributed by atoms with van der Waals surface area (Å²) in [4.78, 5) is 29.2. The molecule has 11 heteroatoms. The number of fused-ring (bicyclic) bond motifs is 1. The third kappa shape index (κ3) is 2.64. The van der Waals surface area contributed by atoms with E-state index in [-0.39, 0.29) is 17.0 Å². The fourth-order valence-corrected chi connectivity index (χ4v) is 3.00. The van der Waals surface area contributed by atoms with Crippen molar-refractivity contribution in [3.8, 4) is 11.8 Å². The second kappa shape index (κ2) is 6.49. The predicted octanol–water partition coefficient (Wildman–Crippen LogP) is -0.576. The van der Waals surface area contributed by atoms with Crippen molar-refractivity contribution in [3.63, 3.8) is 0 Å². The third-order valence-corrected chi connectivity index (χ3v) is 4.27. The highest BCUT2D eigenvalue weighted by atomic mass is 19.1. The van der Waals surface area contributed by atoms with Crippen molar-refractivity contribution in [1.29, 1.82) is 0 Å². The van der Waals surface area contributed by atoms with Crippen LogP contribution >= 0.6 is 0 Å². The van der Waals surface area contributed by atoms with Gasteiger partial charge < -0.3 is 25.3 Å². The number of nitrogens with zero attached hydrogens (tertiary/aromatic N) is 3. The van der Waals surface area contributed by atoms with E-state index in [2.05, 4.69) is 27.0 Å². The van der Waals surface area contributed by atoms with Crippen molar-refractivity contribution in [3.05, 3.63) is 27.5 Å². The number of nitrogens with two attached hydrogens (primary N) is 1. The van der Waals surface area contributed by atoms with Crippen LogP contribution in [0.4, 0.5) is 10.3 Å². The molecule has 5 atom stereocenters. The van der Waals surface area contributed by atoms with Gasteiger partial charge in [-0.05, 0) is 13.0 Å². The van der Waals surface area contributed by atoms with Crippen LogP contribution in [0.5, 0.6) is 0 Å². The monoisotopic (exact) mass is 365 g/mol. The molecule has 0 amide bonds. The Bertz CT molecular complexity index is 963. The first-order valence-electron chi connectivity index (χ1n) is 7.64. The Morgan fingerprint density at radius 1 is 1.65 bits per heavy atom. The lowest BCUT2D eigenvalue weighted by Gasteiger charge is -2.26.